The fourth-order valence-corrected chi connectivity index (χ4v) is 4.30. The van der Waals surface area contributed by atoms with Crippen LogP contribution in [0.3, 0.4) is 0 Å². The lowest BCUT2D eigenvalue weighted by Crippen LogP contribution is -2.24. The molecule has 0 N–H and O–H groups in total. The van der Waals surface area contributed by atoms with Crippen LogP contribution in [0.4, 0.5) is 4.39 Å². The summed E-state index contributed by atoms with van der Waals surface area (Å²) in [7, 11) is 1.97. The lowest BCUT2D eigenvalue weighted by Gasteiger charge is -2.24. The van der Waals surface area contributed by atoms with Crippen molar-refractivity contribution in [3.8, 4) is 0 Å². The molecule has 1 atom stereocenters. The molecule has 0 saturated carbocycles. The van der Waals surface area contributed by atoms with E-state index in [4.69, 9.17) is 4.98 Å². The molecule has 4 nitrogen and oxygen atoms in total. The molecule has 0 amide bonds. The van der Waals surface area contributed by atoms with E-state index in [1.165, 1.54) is 23.6 Å². The molecule has 3 heterocycles. The molecular weight excluding hydrogens is 351 g/mol. The molecule has 0 aliphatic carbocycles. The molecule has 4 rings (SSSR count). The minimum absolute atomic E-state index is 0.183. The van der Waals surface area contributed by atoms with Crippen molar-refractivity contribution in [3.05, 3.63) is 82.2 Å². The second-order valence-electron chi connectivity index (χ2n) is 7.89. The van der Waals surface area contributed by atoms with Crippen molar-refractivity contribution in [2.75, 3.05) is 6.54 Å². The van der Waals surface area contributed by atoms with Crippen LogP contribution in [0, 0.1) is 19.7 Å². The van der Waals surface area contributed by atoms with Crippen molar-refractivity contribution in [3.63, 3.8) is 0 Å². The van der Waals surface area contributed by atoms with Crippen molar-refractivity contribution in [1.82, 2.24) is 19.7 Å². The highest BCUT2D eigenvalue weighted by molar-refractivity contribution is 5.30. The molecule has 0 radical (unpaired) electrons. The number of hydrogen-bond donors (Lipinski definition) is 0. The predicted octanol–water partition coefficient (Wildman–Crippen LogP) is 4.50. The van der Waals surface area contributed by atoms with Crippen LogP contribution in [0.5, 0.6) is 0 Å². The van der Waals surface area contributed by atoms with Gasteiger partial charge in [0, 0.05) is 31.0 Å². The Balaban J connectivity index is 1.57. The number of aryl methyl sites for hydroxylation is 3. The summed E-state index contributed by atoms with van der Waals surface area (Å²) in [5.41, 5.74) is 6.71. The second kappa shape index (κ2) is 7.84. The fourth-order valence-electron chi connectivity index (χ4n) is 4.30. The first-order valence-electron chi connectivity index (χ1n) is 9.93. The predicted molar refractivity (Wildman–Crippen MR) is 109 cm³/mol. The van der Waals surface area contributed by atoms with Gasteiger partial charge in [0.05, 0.1) is 17.4 Å². The van der Waals surface area contributed by atoms with Gasteiger partial charge >= 0.3 is 0 Å². The SMILES string of the molecule is Cc1cc(Cc2cccc(F)c2)cc([C@@H]2CCCN2Cc2cn(C)nc2C)n1. The zero-order valence-electron chi connectivity index (χ0n) is 16.8. The van der Waals surface area contributed by atoms with E-state index in [0.717, 1.165) is 48.6 Å². The number of aromatic nitrogens is 3. The van der Waals surface area contributed by atoms with Gasteiger partial charge in [-0.05, 0) is 75.0 Å². The minimum Gasteiger partial charge on any atom is -0.290 e. The van der Waals surface area contributed by atoms with E-state index < -0.39 is 0 Å². The Morgan fingerprint density at radius 2 is 2.00 bits per heavy atom. The lowest BCUT2D eigenvalue weighted by atomic mass is 10.0. The summed E-state index contributed by atoms with van der Waals surface area (Å²) in [6, 6.07) is 11.5. The molecule has 1 saturated heterocycles. The highest BCUT2D eigenvalue weighted by Crippen LogP contribution is 2.33. The molecule has 1 aliphatic rings. The van der Waals surface area contributed by atoms with Gasteiger partial charge in [0.15, 0.2) is 0 Å². The van der Waals surface area contributed by atoms with Crippen LogP contribution >= 0.6 is 0 Å². The van der Waals surface area contributed by atoms with Crippen molar-refractivity contribution in [2.45, 2.75) is 45.7 Å². The van der Waals surface area contributed by atoms with Crippen LogP contribution in [0.2, 0.25) is 0 Å². The summed E-state index contributed by atoms with van der Waals surface area (Å²) >= 11 is 0. The maximum absolute atomic E-state index is 13.5. The monoisotopic (exact) mass is 378 g/mol. The van der Waals surface area contributed by atoms with Crippen molar-refractivity contribution in [2.24, 2.45) is 7.05 Å². The van der Waals surface area contributed by atoms with Gasteiger partial charge in [-0.25, -0.2) is 4.39 Å². The highest BCUT2D eigenvalue weighted by Gasteiger charge is 2.28. The first kappa shape index (κ1) is 18.8. The van der Waals surface area contributed by atoms with E-state index in [0.29, 0.717) is 6.04 Å². The smallest absolute Gasteiger partial charge is 0.123 e. The molecule has 146 valence electrons. The van der Waals surface area contributed by atoms with E-state index >= 15 is 0 Å². The molecule has 0 spiro atoms. The molecule has 1 aromatic carbocycles. The summed E-state index contributed by atoms with van der Waals surface area (Å²) in [4.78, 5) is 7.37. The Labute approximate surface area is 166 Å². The van der Waals surface area contributed by atoms with Crippen LogP contribution in [-0.2, 0) is 20.0 Å². The Morgan fingerprint density at radius 1 is 1.14 bits per heavy atom. The number of nitrogens with zero attached hydrogens (tertiary/aromatic N) is 4. The van der Waals surface area contributed by atoms with Crippen LogP contribution in [0.15, 0.2) is 42.6 Å². The second-order valence-corrected chi connectivity index (χ2v) is 7.89. The Bertz CT molecular complexity index is 978. The molecule has 0 bridgehead atoms. The number of benzene rings is 1. The largest absolute Gasteiger partial charge is 0.290 e. The molecule has 28 heavy (non-hydrogen) atoms. The lowest BCUT2D eigenvalue weighted by molar-refractivity contribution is 0.243. The maximum atomic E-state index is 13.5. The normalized spacial score (nSPS) is 17.4. The standard InChI is InChI=1S/C23H27FN4/c1-16-10-19(11-18-6-4-7-21(24)12-18)13-22(25-16)23-8-5-9-28(23)15-20-14-27(3)26-17(20)2/h4,6-7,10,12-14,23H,5,8-9,11,15H2,1-3H3/t23-/m0/s1. The third-order valence-electron chi connectivity index (χ3n) is 5.52. The summed E-state index contributed by atoms with van der Waals surface area (Å²) in [5, 5.41) is 4.48. The maximum Gasteiger partial charge on any atom is 0.123 e. The van der Waals surface area contributed by atoms with Crippen LogP contribution in [-0.4, -0.2) is 26.2 Å². The van der Waals surface area contributed by atoms with Gasteiger partial charge in [0.2, 0.25) is 0 Å². The zero-order valence-corrected chi connectivity index (χ0v) is 16.8. The van der Waals surface area contributed by atoms with Gasteiger partial charge in [-0.1, -0.05) is 12.1 Å². The van der Waals surface area contributed by atoms with Crippen LogP contribution in [0.25, 0.3) is 0 Å². The van der Waals surface area contributed by atoms with Crippen molar-refractivity contribution >= 4 is 0 Å². The number of rotatable bonds is 5. The topological polar surface area (TPSA) is 34.0 Å². The third-order valence-corrected chi connectivity index (χ3v) is 5.52. The molecule has 3 aromatic rings. The zero-order chi connectivity index (χ0) is 19.7. The molecule has 0 unspecified atom stereocenters. The molecular formula is C23H27FN4. The molecule has 2 aromatic heterocycles. The van der Waals surface area contributed by atoms with Gasteiger partial charge < -0.3 is 0 Å². The average molecular weight is 378 g/mol. The van der Waals surface area contributed by atoms with E-state index in [2.05, 4.69) is 35.3 Å². The fraction of sp³-hybridized carbons (Fsp3) is 0.391. The molecule has 1 aliphatic heterocycles. The van der Waals surface area contributed by atoms with Crippen molar-refractivity contribution < 1.29 is 4.39 Å². The summed E-state index contributed by atoms with van der Waals surface area (Å²) < 4.78 is 15.4. The molecule has 1 fully saturated rings. The number of pyridine rings is 1. The first-order chi connectivity index (χ1) is 13.5. The van der Waals surface area contributed by atoms with Gasteiger partial charge in [-0.2, -0.15) is 5.10 Å². The van der Waals surface area contributed by atoms with Crippen LogP contribution in [0.1, 0.15) is 52.7 Å². The number of likely N-dealkylation sites (tertiary alicyclic amines) is 1. The van der Waals surface area contributed by atoms with Gasteiger partial charge in [0.25, 0.3) is 0 Å². The van der Waals surface area contributed by atoms with Crippen LogP contribution < -0.4 is 0 Å². The average Bonchev–Trinajstić information content (AvgIpc) is 3.21. The van der Waals surface area contributed by atoms with E-state index in [1.807, 2.05) is 24.7 Å². The Hall–Kier alpha value is -2.53. The highest BCUT2D eigenvalue weighted by atomic mass is 19.1. The van der Waals surface area contributed by atoms with E-state index in [1.54, 1.807) is 12.1 Å². The Kier molecular flexibility index (Phi) is 5.27. The quantitative estimate of drug-likeness (QED) is 0.656. The Morgan fingerprint density at radius 3 is 2.75 bits per heavy atom. The van der Waals surface area contributed by atoms with E-state index in [-0.39, 0.29) is 5.82 Å². The minimum atomic E-state index is -0.183. The van der Waals surface area contributed by atoms with Gasteiger partial charge in [-0.15, -0.1) is 0 Å². The summed E-state index contributed by atoms with van der Waals surface area (Å²) in [6.45, 7) is 6.10. The van der Waals surface area contributed by atoms with E-state index in [9.17, 15) is 4.39 Å². The molecule has 5 heteroatoms. The number of halogens is 1. The van der Waals surface area contributed by atoms with Crippen molar-refractivity contribution in [1.29, 1.82) is 0 Å². The first-order valence-corrected chi connectivity index (χ1v) is 9.93. The number of hydrogen-bond acceptors (Lipinski definition) is 3. The summed E-state index contributed by atoms with van der Waals surface area (Å²) in [5.74, 6) is -0.183. The summed E-state index contributed by atoms with van der Waals surface area (Å²) in [6.07, 6.45) is 5.14. The van der Waals surface area contributed by atoms with Gasteiger partial charge in [-0.3, -0.25) is 14.6 Å². The third kappa shape index (κ3) is 4.14. The van der Waals surface area contributed by atoms with Gasteiger partial charge in [0.1, 0.15) is 5.82 Å².